The monoisotopic (exact) mass is 545 g/mol. The van der Waals surface area contributed by atoms with Crippen LogP contribution in [-0.4, -0.2) is 36.3 Å². The smallest absolute Gasteiger partial charge is 0.337 e. The molecule has 5 N–H and O–H groups in total. The number of nitrogens with one attached hydrogen (secondary N) is 4. The van der Waals surface area contributed by atoms with Crippen LogP contribution in [0.25, 0.3) is 0 Å². The minimum atomic E-state index is -4.34. The molecule has 0 aliphatic carbocycles. The van der Waals surface area contributed by atoms with Crippen molar-refractivity contribution in [3.8, 4) is 11.5 Å². The second-order valence-electron chi connectivity index (χ2n) is 7.51. The van der Waals surface area contributed by atoms with E-state index in [2.05, 4.69) is 20.9 Å². The topological polar surface area (TPSA) is 181 Å². The molecule has 0 unspecified atom stereocenters. The molecule has 192 valence electrons. The maximum atomic E-state index is 12.8. The van der Waals surface area contributed by atoms with Gasteiger partial charge in [-0.1, -0.05) is 18.2 Å². The number of carbonyl (C=O) groups is 1. The highest BCUT2D eigenvalue weighted by Crippen LogP contribution is 2.32. The summed E-state index contributed by atoms with van der Waals surface area (Å²) in [5.74, 6) is -0.0777. The van der Waals surface area contributed by atoms with Crippen molar-refractivity contribution in [3.63, 3.8) is 0 Å². The lowest BCUT2D eigenvalue weighted by Crippen LogP contribution is -2.38. The molecule has 1 aliphatic rings. The molecule has 0 amide bonds. The van der Waals surface area contributed by atoms with Gasteiger partial charge in [-0.2, -0.15) is 0 Å². The van der Waals surface area contributed by atoms with Crippen LogP contribution in [0, 0.1) is 10.1 Å². The lowest BCUT2D eigenvalue weighted by Gasteiger charge is -2.14. The zero-order valence-corrected chi connectivity index (χ0v) is 20.4. The molecule has 0 atom stereocenters. The highest BCUT2D eigenvalue weighted by Gasteiger charge is 2.23. The third-order valence-corrected chi connectivity index (χ3v) is 6.69. The molecule has 1 aliphatic heterocycles. The summed E-state index contributed by atoms with van der Waals surface area (Å²) in [4.78, 5) is 21.8. The van der Waals surface area contributed by atoms with Crippen LogP contribution in [0.3, 0.4) is 0 Å². The molecule has 0 aromatic heterocycles. The first-order valence-electron chi connectivity index (χ1n) is 10.5. The molecule has 37 heavy (non-hydrogen) atoms. The average molecular weight is 546 g/mol. The first-order valence-corrected chi connectivity index (χ1v) is 12.3. The van der Waals surface area contributed by atoms with Crippen molar-refractivity contribution in [1.29, 1.82) is 0 Å². The van der Waals surface area contributed by atoms with Crippen LogP contribution >= 0.6 is 12.2 Å². The maximum absolute atomic E-state index is 12.8. The molecule has 1 heterocycles. The van der Waals surface area contributed by atoms with Crippen molar-refractivity contribution >= 4 is 50.4 Å². The van der Waals surface area contributed by atoms with Gasteiger partial charge in [-0.15, -0.1) is 0 Å². The lowest BCUT2D eigenvalue weighted by molar-refractivity contribution is -0.384. The van der Waals surface area contributed by atoms with Crippen LogP contribution in [0.5, 0.6) is 11.5 Å². The second kappa shape index (κ2) is 10.5. The van der Waals surface area contributed by atoms with E-state index in [0.29, 0.717) is 18.0 Å². The van der Waals surface area contributed by atoms with Crippen molar-refractivity contribution in [2.75, 3.05) is 16.9 Å². The number of thiocarbonyl (C=S) groups is 1. The summed E-state index contributed by atoms with van der Waals surface area (Å²) in [6, 6.07) is 13.9. The summed E-state index contributed by atoms with van der Waals surface area (Å²) in [7, 11) is -4.34. The predicted octanol–water partition coefficient (Wildman–Crippen LogP) is 2.81. The lowest BCUT2D eigenvalue weighted by atomic mass is 10.2. The first kappa shape index (κ1) is 25.5. The number of hydrogen-bond acceptors (Lipinski definition) is 9. The Morgan fingerprint density at radius 3 is 2.57 bits per heavy atom. The number of nitro groups is 1. The highest BCUT2D eigenvalue weighted by atomic mass is 32.2. The van der Waals surface area contributed by atoms with Crippen LogP contribution in [0.2, 0.25) is 0 Å². The first-order chi connectivity index (χ1) is 17.6. The molecule has 4 rings (SSSR count). The number of benzene rings is 3. The van der Waals surface area contributed by atoms with Crippen molar-refractivity contribution in [2.24, 2.45) is 0 Å². The summed E-state index contributed by atoms with van der Waals surface area (Å²) in [6.45, 7) is 0.480. The van der Waals surface area contributed by atoms with Gasteiger partial charge >= 0.3 is 5.97 Å². The van der Waals surface area contributed by atoms with E-state index in [9.17, 15) is 28.4 Å². The van der Waals surface area contributed by atoms with E-state index in [1.807, 2.05) is 6.07 Å². The van der Waals surface area contributed by atoms with Crippen molar-refractivity contribution in [1.82, 2.24) is 10.7 Å². The number of hydrazine groups is 1. The van der Waals surface area contributed by atoms with Gasteiger partial charge in [0.05, 0.1) is 21.1 Å². The Hall–Kier alpha value is -4.63. The van der Waals surface area contributed by atoms with Crippen molar-refractivity contribution in [3.05, 3.63) is 81.9 Å². The number of carboxylic acid groups (broad SMARTS) is 1. The number of anilines is 2. The number of hydrogen-bond donors (Lipinski definition) is 5. The van der Waals surface area contributed by atoms with Crippen LogP contribution < -0.4 is 30.4 Å². The van der Waals surface area contributed by atoms with Gasteiger partial charge in [0, 0.05) is 12.6 Å². The zero-order valence-electron chi connectivity index (χ0n) is 18.8. The summed E-state index contributed by atoms with van der Waals surface area (Å²) in [5.41, 5.74) is 5.00. The number of ether oxygens (including phenoxy) is 2. The van der Waals surface area contributed by atoms with Gasteiger partial charge in [0.1, 0.15) is 5.69 Å². The SMILES string of the molecule is O=C(O)c1ccccc1NS(=O)(=O)c1ccc(NNC(=S)NCc2ccc3c(c2)OCO3)c([N+](=O)[O-])c1. The Morgan fingerprint density at radius 1 is 1.05 bits per heavy atom. The van der Waals surface area contributed by atoms with E-state index in [1.165, 1.54) is 30.3 Å². The fourth-order valence-electron chi connectivity index (χ4n) is 3.30. The number of fused-ring (bicyclic) bond motifs is 1. The third-order valence-electron chi connectivity index (χ3n) is 5.08. The van der Waals surface area contributed by atoms with Gasteiger partial charge in [0.15, 0.2) is 16.6 Å². The number of para-hydroxylation sites is 1. The van der Waals surface area contributed by atoms with Gasteiger partial charge in [-0.05, 0) is 54.2 Å². The molecule has 0 radical (unpaired) electrons. The van der Waals surface area contributed by atoms with Crippen LogP contribution in [0.4, 0.5) is 17.1 Å². The van der Waals surface area contributed by atoms with Gasteiger partial charge < -0.3 is 19.9 Å². The van der Waals surface area contributed by atoms with E-state index >= 15 is 0 Å². The average Bonchev–Trinajstić information content (AvgIpc) is 3.34. The molecule has 0 saturated heterocycles. The molecule has 0 spiro atoms. The van der Waals surface area contributed by atoms with Gasteiger partial charge in [0.25, 0.3) is 15.7 Å². The Labute approximate surface area is 215 Å². The molecular formula is C22H19N5O8S2. The molecule has 3 aromatic rings. The number of rotatable bonds is 9. The largest absolute Gasteiger partial charge is 0.478 e. The van der Waals surface area contributed by atoms with Gasteiger partial charge in [0.2, 0.25) is 6.79 Å². The minimum absolute atomic E-state index is 0.0536. The standard InChI is InChI=1S/C22H19N5O8S2/c28-21(29)15-3-1-2-4-16(15)26-37(32,33)14-6-7-17(18(10-14)27(30)31)24-25-22(36)23-11-13-5-8-19-20(9-13)35-12-34-19/h1-10,24,26H,11-12H2,(H,28,29)(H2,23,25,36). The van der Waals surface area contributed by atoms with Gasteiger partial charge in [-0.25, -0.2) is 13.2 Å². The summed E-state index contributed by atoms with van der Waals surface area (Å²) in [5, 5.41) is 23.9. The molecule has 13 nitrogen and oxygen atoms in total. The van der Waals surface area contributed by atoms with Crippen LogP contribution in [0.1, 0.15) is 15.9 Å². The van der Waals surface area contributed by atoms with Gasteiger partial charge in [-0.3, -0.25) is 25.7 Å². The quantitative estimate of drug-likeness (QED) is 0.151. The molecule has 0 saturated carbocycles. The fourth-order valence-corrected chi connectivity index (χ4v) is 4.52. The number of aromatic carboxylic acids is 1. The Balaban J connectivity index is 1.43. The van der Waals surface area contributed by atoms with Crippen molar-refractivity contribution < 1.29 is 32.7 Å². The molecule has 15 heteroatoms. The summed E-state index contributed by atoms with van der Waals surface area (Å²) in [6.07, 6.45) is 0. The van der Waals surface area contributed by atoms with E-state index in [-0.39, 0.29) is 28.8 Å². The molecule has 0 bridgehead atoms. The zero-order chi connectivity index (χ0) is 26.6. The Bertz CT molecular complexity index is 1500. The van der Waals surface area contributed by atoms with E-state index in [0.717, 1.165) is 17.7 Å². The Kier molecular flexibility index (Phi) is 7.26. The summed E-state index contributed by atoms with van der Waals surface area (Å²) >= 11 is 5.19. The van der Waals surface area contributed by atoms with E-state index in [4.69, 9.17) is 21.7 Å². The normalized spacial score (nSPS) is 11.9. The summed E-state index contributed by atoms with van der Waals surface area (Å²) < 4.78 is 38.4. The predicted molar refractivity (Wildman–Crippen MR) is 136 cm³/mol. The van der Waals surface area contributed by atoms with Crippen LogP contribution in [-0.2, 0) is 16.6 Å². The van der Waals surface area contributed by atoms with Crippen molar-refractivity contribution in [2.45, 2.75) is 11.4 Å². The molecule has 3 aromatic carbocycles. The Morgan fingerprint density at radius 2 is 1.81 bits per heavy atom. The fraction of sp³-hybridized carbons (Fsp3) is 0.0909. The third kappa shape index (κ3) is 5.96. The number of sulfonamides is 1. The number of nitro benzene ring substituents is 1. The molecule has 0 fully saturated rings. The molecular weight excluding hydrogens is 526 g/mol. The second-order valence-corrected chi connectivity index (χ2v) is 9.60. The maximum Gasteiger partial charge on any atom is 0.337 e. The van der Waals surface area contributed by atoms with E-state index in [1.54, 1.807) is 12.1 Å². The van der Waals surface area contributed by atoms with E-state index < -0.39 is 31.5 Å². The number of nitrogens with zero attached hydrogens (tertiary/aromatic N) is 1. The number of carboxylic acids is 1. The van der Waals surface area contributed by atoms with Crippen LogP contribution in [0.15, 0.2) is 65.6 Å². The highest BCUT2D eigenvalue weighted by molar-refractivity contribution is 7.92. The minimum Gasteiger partial charge on any atom is -0.478 e.